The van der Waals surface area contributed by atoms with Crippen LogP contribution in [0.5, 0.6) is 23.0 Å². The van der Waals surface area contributed by atoms with E-state index >= 15 is 0 Å². The summed E-state index contributed by atoms with van der Waals surface area (Å²) in [5, 5.41) is 6.16. The fraction of sp³-hybridized carbons (Fsp3) is 0.174. The molecular formula is C23H22N2O4. The number of carbonyl (C=O) groups is 1. The highest BCUT2D eigenvalue weighted by atomic mass is 16.7. The maximum Gasteiger partial charge on any atom is 0.231 e. The van der Waals surface area contributed by atoms with E-state index in [-0.39, 0.29) is 12.7 Å². The Hall–Kier alpha value is -3.67. The van der Waals surface area contributed by atoms with Gasteiger partial charge >= 0.3 is 0 Å². The molecule has 0 saturated heterocycles. The van der Waals surface area contributed by atoms with Gasteiger partial charge in [-0.3, -0.25) is 4.79 Å². The van der Waals surface area contributed by atoms with Gasteiger partial charge in [0.05, 0.1) is 0 Å². The lowest BCUT2D eigenvalue weighted by atomic mass is 10.2. The molecule has 2 N–H and O–H groups in total. The van der Waals surface area contributed by atoms with Crippen LogP contribution in [-0.4, -0.2) is 19.2 Å². The third kappa shape index (κ3) is 5.19. The lowest BCUT2D eigenvalue weighted by Gasteiger charge is -2.09. The highest BCUT2D eigenvalue weighted by Crippen LogP contribution is 2.32. The molecular weight excluding hydrogens is 368 g/mol. The minimum absolute atomic E-state index is 0.0146. The topological polar surface area (TPSA) is 68.8 Å². The zero-order valence-electron chi connectivity index (χ0n) is 15.9. The predicted molar refractivity (Wildman–Crippen MR) is 110 cm³/mol. The Labute approximate surface area is 169 Å². The van der Waals surface area contributed by atoms with Gasteiger partial charge in [0, 0.05) is 25.2 Å². The fourth-order valence-corrected chi connectivity index (χ4v) is 2.93. The summed E-state index contributed by atoms with van der Waals surface area (Å²) in [6, 6.07) is 23.0. The smallest absolute Gasteiger partial charge is 0.231 e. The van der Waals surface area contributed by atoms with Gasteiger partial charge in [-0.2, -0.15) is 0 Å². The van der Waals surface area contributed by atoms with Crippen LogP contribution in [0, 0.1) is 0 Å². The maximum absolute atomic E-state index is 12.1. The normalized spacial score (nSPS) is 11.7. The molecule has 0 atom stereocenters. The van der Waals surface area contributed by atoms with Gasteiger partial charge in [-0.25, -0.2) is 0 Å². The summed E-state index contributed by atoms with van der Waals surface area (Å²) in [7, 11) is 0. The van der Waals surface area contributed by atoms with Crippen molar-refractivity contribution in [2.45, 2.75) is 13.0 Å². The monoisotopic (exact) mass is 390 g/mol. The number of hydrogen-bond donors (Lipinski definition) is 2. The Bertz CT molecular complexity index is 958. The lowest BCUT2D eigenvalue weighted by Crippen LogP contribution is -2.24. The molecule has 4 rings (SSSR count). The van der Waals surface area contributed by atoms with E-state index < -0.39 is 0 Å². The van der Waals surface area contributed by atoms with Crippen molar-refractivity contribution in [1.29, 1.82) is 0 Å². The van der Waals surface area contributed by atoms with E-state index in [1.54, 1.807) is 0 Å². The van der Waals surface area contributed by atoms with Crippen LogP contribution < -0.4 is 24.8 Å². The van der Waals surface area contributed by atoms with E-state index in [2.05, 4.69) is 10.6 Å². The van der Waals surface area contributed by atoms with Crippen molar-refractivity contribution in [2.75, 3.05) is 18.7 Å². The minimum atomic E-state index is -0.0146. The molecule has 1 aliphatic rings. The summed E-state index contributed by atoms with van der Waals surface area (Å²) in [6.45, 7) is 1.25. The molecule has 6 nitrogen and oxygen atoms in total. The van der Waals surface area contributed by atoms with E-state index in [0.29, 0.717) is 19.5 Å². The van der Waals surface area contributed by atoms with E-state index in [9.17, 15) is 4.79 Å². The molecule has 6 heteroatoms. The molecule has 0 fully saturated rings. The molecule has 0 radical (unpaired) electrons. The van der Waals surface area contributed by atoms with Gasteiger partial charge in [-0.05, 0) is 54.1 Å². The molecule has 0 aliphatic carbocycles. The molecule has 1 amide bonds. The lowest BCUT2D eigenvalue weighted by molar-refractivity contribution is -0.121. The average Bonchev–Trinajstić information content (AvgIpc) is 3.22. The third-order valence-electron chi connectivity index (χ3n) is 4.44. The van der Waals surface area contributed by atoms with Crippen molar-refractivity contribution in [2.24, 2.45) is 0 Å². The largest absolute Gasteiger partial charge is 0.457 e. The highest BCUT2D eigenvalue weighted by molar-refractivity contribution is 5.76. The third-order valence-corrected chi connectivity index (χ3v) is 4.44. The summed E-state index contributed by atoms with van der Waals surface area (Å²) in [6.07, 6.45) is 0.382. The van der Waals surface area contributed by atoms with Crippen molar-refractivity contribution < 1.29 is 19.0 Å². The van der Waals surface area contributed by atoms with Gasteiger partial charge in [0.2, 0.25) is 12.7 Å². The van der Waals surface area contributed by atoms with Crippen molar-refractivity contribution in [3.63, 3.8) is 0 Å². The van der Waals surface area contributed by atoms with Gasteiger partial charge < -0.3 is 24.8 Å². The summed E-state index contributed by atoms with van der Waals surface area (Å²) in [4.78, 5) is 12.1. The van der Waals surface area contributed by atoms with E-state index in [1.807, 2.05) is 72.8 Å². The number of anilines is 1. The van der Waals surface area contributed by atoms with Crippen LogP contribution in [-0.2, 0) is 11.3 Å². The van der Waals surface area contributed by atoms with Gasteiger partial charge in [0.1, 0.15) is 11.5 Å². The Kier molecular flexibility index (Phi) is 5.81. The molecule has 148 valence electrons. The van der Waals surface area contributed by atoms with E-state index in [0.717, 1.165) is 34.2 Å². The molecule has 29 heavy (non-hydrogen) atoms. The van der Waals surface area contributed by atoms with Crippen LogP contribution in [0.2, 0.25) is 0 Å². The van der Waals surface area contributed by atoms with Crippen molar-refractivity contribution >= 4 is 11.6 Å². The first kappa shape index (κ1) is 18.7. The minimum Gasteiger partial charge on any atom is -0.457 e. The van der Waals surface area contributed by atoms with Crippen molar-refractivity contribution in [3.05, 3.63) is 78.4 Å². The average molecular weight is 390 g/mol. The number of carbonyl (C=O) groups excluding carboxylic acids is 1. The number of hydrogen-bond acceptors (Lipinski definition) is 5. The quantitative estimate of drug-likeness (QED) is 0.599. The van der Waals surface area contributed by atoms with Crippen molar-refractivity contribution in [1.82, 2.24) is 5.32 Å². The molecule has 0 bridgehead atoms. The van der Waals surface area contributed by atoms with Gasteiger partial charge in [0.15, 0.2) is 11.5 Å². The number of amides is 1. The number of ether oxygens (including phenoxy) is 3. The predicted octanol–water partition coefficient (Wildman–Crippen LogP) is 4.33. The summed E-state index contributed by atoms with van der Waals surface area (Å²) >= 11 is 0. The van der Waals surface area contributed by atoms with Crippen LogP contribution in [0.3, 0.4) is 0 Å². The number of benzene rings is 3. The van der Waals surface area contributed by atoms with Crippen LogP contribution in [0.1, 0.15) is 12.0 Å². The number of fused-ring (bicyclic) bond motifs is 1. The molecule has 3 aromatic rings. The van der Waals surface area contributed by atoms with E-state index in [4.69, 9.17) is 14.2 Å². The molecule has 3 aromatic carbocycles. The van der Waals surface area contributed by atoms with Gasteiger partial charge in [-0.1, -0.05) is 24.3 Å². The van der Waals surface area contributed by atoms with Gasteiger partial charge in [-0.15, -0.1) is 0 Å². The molecule has 1 heterocycles. The molecule has 0 saturated carbocycles. The Morgan fingerprint density at radius 3 is 2.48 bits per heavy atom. The van der Waals surface area contributed by atoms with Crippen LogP contribution in [0.4, 0.5) is 5.69 Å². The second-order valence-corrected chi connectivity index (χ2v) is 6.58. The maximum atomic E-state index is 12.1. The second kappa shape index (κ2) is 9.01. The second-order valence-electron chi connectivity index (χ2n) is 6.58. The number of rotatable bonds is 8. The summed E-state index contributed by atoms with van der Waals surface area (Å²) in [5.74, 6) is 3.01. The van der Waals surface area contributed by atoms with Crippen molar-refractivity contribution in [3.8, 4) is 23.0 Å². The zero-order valence-corrected chi connectivity index (χ0v) is 15.9. The van der Waals surface area contributed by atoms with Crippen LogP contribution in [0.25, 0.3) is 0 Å². The number of nitrogens with one attached hydrogen (secondary N) is 2. The molecule has 1 aliphatic heterocycles. The van der Waals surface area contributed by atoms with Crippen LogP contribution >= 0.6 is 0 Å². The highest BCUT2D eigenvalue weighted by Gasteiger charge is 2.13. The zero-order chi connectivity index (χ0) is 19.9. The Balaban J connectivity index is 1.18. The molecule has 0 unspecified atom stereocenters. The Morgan fingerprint density at radius 1 is 0.897 bits per heavy atom. The molecule has 0 aromatic heterocycles. The fourth-order valence-electron chi connectivity index (χ4n) is 2.93. The van der Waals surface area contributed by atoms with Gasteiger partial charge in [0.25, 0.3) is 0 Å². The molecule has 0 spiro atoms. The number of para-hydroxylation sites is 1. The first-order chi connectivity index (χ1) is 14.3. The summed E-state index contributed by atoms with van der Waals surface area (Å²) in [5.41, 5.74) is 1.92. The summed E-state index contributed by atoms with van der Waals surface area (Å²) < 4.78 is 16.4. The standard InChI is InChI=1S/C23H22N2O4/c26-23(25-15-17-6-11-21-22(14-17)28-16-27-21)12-13-24-18-7-9-20(10-8-18)29-19-4-2-1-3-5-19/h1-11,14,24H,12-13,15-16H2,(H,25,26). The van der Waals surface area contributed by atoms with Crippen LogP contribution in [0.15, 0.2) is 72.8 Å². The Morgan fingerprint density at radius 2 is 1.66 bits per heavy atom. The SMILES string of the molecule is O=C(CCNc1ccc(Oc2ccccc2)cc1)NCc1ccc2c(c1)OCO2. The van der Waals surface area contributed by atoms with E-state index in [1.165, 1.54) is 0 Å². The first-order valence-electron chi connectivity index (χ1n) is 9.48. The first-order valence-corrected chi connectivity index (χ1v) is 9.48.